The van der Waals surface area contributed by atoms with E-state index in [4.69, 9.17) is 0 Å². The van der Waals surface area contributed by atoms with Crippen molar-refractivity contribution in [2.45, 2.75) is 56.9 Å². The summed E-state index contributed by atoms with van der Waals surface area (Å²) in [5.41, 5.74) is 3.49. The van der Waals surface area contributed by atoms with Crippen LogP contribution in [0.3, 0.4) is 0 Å². The number of aromatic nitrogens is 2. The number of benzene rings is 3. The highest BCUT2D eigenvalue weighted by atomic mass is 32.2. The standard InChI is InChI=1S/C29H31N5O3S/c1-19-12-13-21(18-27(19)38(36,37)34-24-8-4-3-5-9-24)28-25-10-6-7-11-26(25)29(33-32-28)31-23-16-14-22(15-17-23)30-20(2)35/h6-7,10-18,24,34H,3-5,8-9H2,1-2H3,(H,30,35)(H,31,33). The van der Waals surface area contributed by atoms with Crippen LogP contribution in [0.2, 0.25) is 0 Å². The highest BCUT2D eigenvalue weighted by Crippen LogP contribution is 2.33. The summed E-state index contributed by atoms with van der Waals surface area (Å²) >= 11 is 0. The van der Waals surface area contributed by atoms with E-state index in [1.54, 1.807) is 6.07 Å². The normalized spacial score (nSPS) is 14.4. The Labute approximate surface area is 222 Å². The quantitative estimate of drug-likeness (QED) is 0.274. The molecule has 1 amide bonds. The second kappa shape index (κ2) is 10.9. The predicted molar refractivity (Wildman–Crippen MR) is 151 cm³/mol. The van der Waals surface area contributed by atoms with Gasteiger partial charge in [0, 0.05) is 40.7 Å². The average Bonchev–Trinajstić information content (AvgIpc) is 2.90. The lowest BCUT2D eigenvalue weighted by atomic mass is 9.96. The van der Waals surface area contributed by atoms with Crippen LogP contribution < -0.4 is 15.4 Å². The first-order chi connectivity index (χ1) is 18.3. The largest absolute Gasteiger partial charge is 0.338 e. The van der Waals surface area contributed by atoms with Crippen LogP contribution in [0, 0.1) is 6.92 Å². The molecule has 1 saturated carbocycles. The van der Waals surface area contributed by atoms with E-state index in [-0.39, 0.29) is 16.8 Å². The maximum Gasteiger partial charge on any atom is 0.241 e. The van der Waals surface area contributed by atoms with E-state index in [1.165, 1.54) is 6.92 Å². The number of hydrogen-bond donors (Lipinski definition) is 3. The van der Waals surface area contributed by atoms with E-state index in [0.29, 0.717) is 28.3 Å². The molecule has 3 N–H and O–H groups in total. The van der Waals surface area contributed by atoms with E-state index in [2.05, 4.69) is 25.6 Å². The monoisotopic (exact) mass is 529 g/mol. The Morgan fingerprint density at radius 1 is 0.868 bits per heavy atom. The molecule has 8 nitrogen and oxygen atoms in total. The zero-order valence-corrected chi connectivity index (χ0v) is 22.3. The van der Waals surface area contributed by atoms with Gasteiger partial charge < -0.3 is 10.6 Å². The molecule has 3 aromatic carbocycles. The van der Waals surface area contributed by atoms with Gasteiger partial charge in [-0.1, -0.05) is 55.7 Å². The van der Waals surface area contributed by atoms with E-state index in [1.807, 2.05) is 67.6 Å². The molecule has 0 unspecified atom stereocenters. The maximum atomic E-state index is 13.3. The van der Waals surface area contributed by atoms with Crippen molar-refractivity contribution in [2.24, 2.45) is 0 Å². The third kappa shape index (κ3) is 5.69. The molecule has 0 radical (unpaired) electrons. The van der Waals surface area contributed by atoms with Gasteiger partial charge in [-0.15, -0.1) is 10.2 Å². The Hall–Kier alpha value is -3.82. The molecule has 9 heteroatoms. The molecule has 1 fully saturated rings. The summed E-state index contributed by atoms with van der Waals surface area (Å²) in [6, 6.07) is 20.5. The second-order valence-electron chi connectivity index (χ2n) is 9.76. The van der Waals surface area contributed by atoms with Crippen molar-refractivity contribution < 1.29 is 13.2 Å². The summed E-state index contributed by atoms with van der Waals surface area (Å²) < 4.78 is 29.6. The van der Waals surface area contributed by atoms with E-state index >= 15 is 0 Å². The molecule has 1 aliphatic rings. The Kier molecular flexibility index (Phi) is 7.40. The van der Waals surface area contributed by atoms with Crippen LogP contribution in [0.15, 0.2) is 71.6 Å². The third-order valence-electron chi connectivity index (χ3n) is 6.83. The zero-order valence-electron chi connectivity index (χ0n) is 21.5. The van der Waals surface area contributed by atoms with Gasteiger partial charge in [0.05, 0.1) is 4.90 Å². The minimum Gasteiger partial charge on any atom is -0.338 e. The SMILES string of the molecule is CC(=O)Nc1ccc(Nc2nnc(-c3ccc(C)c(S(=O)(=O)NC4CCCCC4)c3)c3ccccc23)cc1. The summed E-state index contributed by atoms with van der Waals surface area (Å²) in [4.78, 5) is 11.6. The van der Waals surface area contributed by atoms with Gasteiger partial charge in [-0.2, -0.15) is 0 Å². The Bertz CT molecular complexity index is 1580. The number of carbonyl (C=O) groups is 1. The molecule has 38 heavy (non-hydrogen) atoms. The number of aryl methyl sites for hydroxylation is 1. The Morgan fingerprint density at radius 3 is 2.26 bits per heavy atom. The fraction of sp³-hybridized carbons (Fsp3) is 0.276. The van der Waals surface area contributed by atoms with Crippen LogP contribution in [0.25, 0.3) is 22.0 Å². The maximum absolute atomic E-state index is 13.3. The van der Waals surface area contributed by atoms with Crippen molar-refractivity contribution in [1.82, 2.24) is 14.9 Å². The summed E-state index contributed by atoms with van der Waals surface area (Å²) in [5, 5.41) is 16.7. The molecule has 0 bridgehead atoms. The Morgan fingerprint density at radius 2 is 1.55 bits per heavy atom. The topological polar surface area (TPSA) is 113 Å². The lowest BCUT2D eigenvalue weighted by Gasteiger charge is -2.23. The number of sulfonamides is 1. The number of carbonyl (C=O) groups excluding carboxylic acids is 1. The van der Waals surface area contributed by atoms with Crippen LogP contribution in [0.5, 0.6) is 0 Å². The lowest BCUT2D eigenvalue weighted by Crippen LogP contribution is -2.36. The first-order valence-corrected chi connectivity index (χ1v) is 14.3. The molecular formula is C29H31N5O3S. The third-order valence-corrected chi connectivity index (χ3v) is 8.50. The van der Waals surface area contributed by atoms with Crippen LogP contribution in [0.1, 0.15) is 44.6 Å². The minimum atomic E-state index is -3.67. The van der Waals surface area contributed by atoms with Gasteiger partial charge in [0.1, 0.15) is 5.69 Å². The van der Waals surface area contributed by atoms with Gasteiger partial charge in [0.2, 0.25) is 15.9 Å². The molecule has 0 spiro atoms. The molecule has 0 aliphatic heterocycles. The molecule has 0 saturated heterocycles. The Balaban J connectivity index is 1.47. The summed E-state index contributed by atoms with van der Waals surface area (Å²) in [6.07, 6.45) is 5.00. The van der Waals surface area contributed by atoms with Crippen LogP contribution in [-0.2, 0) is 14.8 Å². The number of amides is 1. The number of anilines is 3. The molecule has 4 aromatic rings. The highest BCUT2D eigenvalue weighted by molar-refractivity contribution is 7.89. The van der Waals surface area contributed by atoms with E-state index in [0.717, 1.165) is 48.6 Å². The number of fused-ring (bicyclic) bond motifs is 1. The molecule has 1 heterocycles. The number of hydrogen-bond acceptors (Lipinski definition) is 6. The van der Waals surface area contributed by atoms with Gasteiger partial charge >= 0.3 is 0 Å². The lowest BCUT2D eigenvalue weighted by molar-refractivity contribution is -0.114. The minimum absolute atomic E-state index is 0.0184. The first-order valence-electron chi connectivity index (χ1n) is 12.8. The fourth-order valence-corrected chi connectivity index (χ4v) is 6.50. The van der Waals surface area contributed by atoms with Gasteiger partial charge in [-0.05, 0) is 55.7 Å². The molecule has 1 aromatic heterocycles. The van der Waals surface area contributed by atoms with Crippen LogP contribution in [0.4, 0.5) is 17.2 Å². The average molecular weight is 530 g/mol. The van der Waals surface area contributed by atoms with Crippen molar-refractivity contribution >= 4 is 43.9 Å². The molecule has 5 rings (SSSR count). The highest BCUT2D eigenvalue weighted by Gasteiger charge is 2.24. The van der Waals surface area contributed by atoms with Gasteiger partial charge in [0.25, 0.3) is 0 Å². The van der Waals surface area contributed by atoms with E-state index in [9.17, 15) is 13.2 Å². The molecular weight excluding hydrogens is 498 g/mol. The van der Waals surface area contributed by atoms with Crippen molar-refractivity contribution in [3.63, 3.8) is 0 Å². The van der Waals surface area contributed by atoms with Gasteiger partial charge in [-0.3, -0.25) is 4.79 Å². The van der Waals surface area contributed by atoms with Gasteiger partial charge in [0.15, 0.2) is 5.82 Å². The van der Waals surface area contributed by atoms with Crippen molar-refractivity contribution in [3.05, 3.63) is 72.3 Å². The first kappa shape index (κ1) is 25.8. The molecule has 0 atom stereocenters. The summed E-state index contributed by atoms with van der Waals surface area (Å²) in [5.74, 6) is 0.450. The number of nitrogens with zero attached hydrogens (tertiary/aromatic N) is 2. The van der Waals surface area contributed by atoms with Crippen LogP contribution >= 0.6 is 0 Å². The van der Waals surface area contributed by atoms with E-state index < -0.39 is 10.0 Å². The van der Waals surface area contributed by atoms with Crippen LogP contribution in [-0.4, -0.2) is 30.6 Å². The van der Waals surface area contributed by atoms with Crippen molar-refractivity contribution in [1.29, 1.82) is 0 Å². The summed E-state index contributed by atoms with van der Waals surface area (Å²) in [6.45, 7) is 3.28. The van der Waals surface area contributed by atoms with Gasteiger partial charge in [-0.25, -0.2) is 13.1 Å². The second-order valence-corrected chi connectivity index (χ2v) is 11.4. The smallest absolute Gasteiger partial charge is 0.241 e. The zero-order chi connectivity index (χ0) is 26.7. The summed E-state index contributed by atoms with van der Waals surface area (Å²) in [7, 11) is -3.67. The number of nitrogens with one attached hydrogen (secondary N) is 3. The predicted octanol–water partition coefficient (Wildman–Crippen LogP) is 5.92. The molecule has 196 valence electrons. The van der Waals surface area contributed by atoms with Crippen molar-refractivity contribution in [3.8, 4) is 11.3 Å². The fourth-order valence-electron chi connectivity index (χ4n) is 4.93. The molecule has 1 aliphatic carbocycles. The van der Waals surface area contributed by atoms with Crippen molar-refractivity contribution in [2.75, 3.05) is 10.6 Å². The number of rotatable bonds is 7.